The van der Waals surface area contributed by atoms with Crippen LogP contribution in [0, 0.1) is 0 Å². The van der Waals surface area contributed by atoms with Gasteiger partial charge in [-0.1, -0.05) is 27.5 Å². The molecular formula is C12H14BrClN2O3. The summed E-state index contributed by atoms with van der Waals surface area (Å²) in [5, 5.41) is 5.00. The second-order valence-electron chi connectivity index (χ2n) is 3.68. The fourth-order valence-corrected chi connectivity index (χ4v) is 1.95. The summed E-state index contributed by atoms with van der Waals surface area (Å²) in [6.45, 7) is 3.73. The molecule has 2 N–H and O–H groups in total. The Bertz CT molecular complexity index is 482. The Hall–Kier alpha value is -1.27. The molecule has 0 radical (unpaired) electrons. The molecular weight excluding hydrogens is 336 g/mol. The van der Waals surface area contributed by atoms with E-state index in [-0.39, 0.29) is 0 Å². The molecule has 0 bridgehead atoms. The van der Waals surface area contributed by atoms with Crippen molar-refractivity contribution >= 4 is 39.5 Å². The molecule has 19 heavy (non-hydrogen) atoms. The Morgan fingerprint density at radius 3 is 2.74 bits per heavy atom. The van der Waals surface area contributed by atoms with Crippen LogP contribution >= 0.6 is 27.5 Å². The van der Waals surface area contributed by atoms with E-state index in [9.17, 15) is 9.59 Å². The average Bonchev–Trinajstić information content (AvgIpc) is 2.32. The molecule has 0 spiro atoms. The van der Waals surface area contributed by atoms with Gasteiger partial charge in [0, 0.05) is 11.0 Å². The van der Waals surface area contributed by atoms with Gasteiger partial charge >= 0.3 is 6.03 Å². The molecule has 1 aromatic rings. The van der Waals surface area contributed by atoms with Crippen molar-refractivity contribution in [2.75, 3.05) is 6.54 Å². The maximum atomic E-state index is 11.7. The summed E-state index contributed by atoms with van der Waals surface area (Å²) in [6, 6.07) is 4.49. The first-order valence-corrected chi connectivity index (χ1v) is 6.81. The first-order chi connectivity index (χ1) is 8.93. The lowest BCUT2D eigenvalue weighted by molar-refractivity contribution is -0.126. The maximum absolute atomic E-state index is 11.7. The fraction of sp³-hybridized carbons (Fsp3) is 0.333. The Morgan fingerprint density at radius 2 is 2.16 bits per heavy atom. The molecule has 0 fully saturated rings. The predicted octanol–water partition coefficient (Wildman–Crippen LogP) is 2.72. The van der Waals surface area contributed by atoms with E-state index in [0.29, 0.717) is 17.3 Å². The monoisotopic (exact) mass is 348 g/mol. The zero-order valence-electron chi connectivity index (χ0n) is 10.5. The molecule has 7 heteroatoms. The lowest BCUT2D eigenvalue weighted by atomic mass is 10.3. The van der Waals surface area contributed by atoms with Crippen molar-refractivity contribution in [3.8, 4) is 5.75 Å². The third-order valence-corrected chi connectivity index (χ3v) is 2.93. The molecule has 0 aliphatic heterocycles. The van der Waals surface area contributed by atoms with E-state index in [1.165, 1.54) is 6.92 Å². The molecule has 0 aliphatic carbocycles. The number of carbonyl (C=O) groups excluding carboxylic acids is 2. The molecule has 0 saturated heterocycles. The SMILES string of the molecule is CCNC(=O)NC(=O)C(C)Oc1ccc(Br)cc1Cl. The van der Waals surface area contributed by atoms with Crippen LogP contribution in [0.15, 0.2) is 22.7 Å². The summed E-state index contributed by atoms with van der Waals surface area (Å²) in [4.78, 5) is 22.9. The minimum absolute atomic E-state index is 0.378. The third-order valence-electron chi connectivity index (χ3n) is 2.14. The molecule has 1 unspecified atom stereocenters. The third kappa shape index (κ3) is 5.08. The first-order valence-electron chi connectivity index (χ1n) is 5.64. The van der Waals surface area contributed by atoms with Crippen molar-refractivity contribution in [3.05, 3.63) is 27.7 Å². The number of halogens is 2. The Balaban J connectivity index is 2.61. The number of hydrogen-bond donors (Lipinski definition) is 2. The van der Waals surface area contributed by atoms with E-state index >= 15 is 0 Å². The van der Waals surface area contributed by atoms with E-state index in [0.717, 1.165) is 4.47 Å². The van der Waals surface area contributed by atoms with Crippen molar-refractivity contribution in [1.82, 2.24) is 10.6 Å². The lowest BCUT2D eigenvalue weighted by Crippen LogP contribution is -2.45. The van der Waals surface area contributed by atoms with Gasteiger partial charge in [0.15, 0.2) is 6.10 Å². The smallest absolute Gasteiger partial charge is 0.321 e. The average molecular weight is 350 g/mol. The number of urea groups is 1. The molecule has 0 aromatic heterocycles. The summed E-state index contributed by atoms with van der Waals surface area (Å²) < 4.78 is 6.21. The molecule has 1 aromatic carbocycles. The number of ether oxygens (including phenoxy) is 1. The van der Waals surface area contributed by atoms with Crippen LogP contribution in [0.2, 0.25) is 5.02 Å². The molecule has 3 amide bonds. The van der Waals surface area contributed by atoms with Gasteiger partial charge in [-0.2, -0.15) is 0 Å². The fourth-order valence-electron chi connectivity index (χ4n) is 1.23. The van der Waals surface area contributed by atoms with Crippen molar-refractivity contribution in [3.63, 3.8) is 0 Å². The van der Waals surface area contributed by atoms with Crippen LogP contribution in [0.4, 0.5) is 4.79 Å². The largest absolute Gasteiger partial charge is 0.479 e. The van der Waals surface area contributed by atoms with Gasteiger partial charge in [0.2, 0.25) is 0 Å². The maximum Gasteiger partial charge on any atom is 0.321 e. The van der Waals surface area contributed by atoms with Gasteiger partial charge < -0.3 is 10.1 Å². The van der Waals surface area contributed by atoms with E-state index in [1.807, 2.05) is 0 Å². The second-order valence-corrected chi connectivity index (χ2v) is 5.01. The van der Waals surface area contributed by atoms with Gasteiger partial charge in [-0.15, -0.1) is 0 Å². The molecule has 104 valence electrons. The highest BCUT2D eigenvalue weighted by Crippen LogP contribution is 2.28. The summed E-state index contributed by atoms with van der Waals surface area (Å²) in [5.41, 5.74) is 0. The quantitative estimate of drug-likeness (QED) is 0.878. The Morgan fingerprint density at radius 1 is 1.47 bits per heavy atom. The van der Waals surface area contributed by atoms with Crippen molar-refractivity contribution in [2.45, 2.75) is 20.0 Å². The number of benzene rings is 1. The number of carbonyl (C=O) groups is 2. The van der Waals surface area contributed by atoms with E-state index in [4.69, 9.17) is 16.3 Å². The molecule has 5 nitrogen and oxygen atoms in total. The van der Waals surface area contributed by atoms with Crippen molar-refractivity contribution in [2.24, 2.45) is 0 Å². The van der Waals surface area contributed by atoms with Gasteiger partial charge in [0.1, 0.15) is 5.75 Å². The summed E-state index contributed by atoms with van der Waals surface area (Å²) >= 11 is 9.24. The van der Waals surface area contributed by atoms with E-state index in [1.54, 1.807) is 25.1 Å². The number of imide groups is 1. The molecule has 0 aliphatic rings. The normalized spacial score (nSPS) is 11.6. The highest BCUT2D eigenvalue weighted by Gasteiger charge is 2.18. The number of nitrogens with one attached hydrogen (secondary N) is 2. The van der Waals surface area contributed by atoms with Gasteiger partial charge in [-0.05, 0) is 32.0 Å². The van der Waals surface area contributed by atoms with Crippen LogP contribution in [0.3, 0.4) is 0 Å². The van der Waals surface area contributed by atoms with Crippen LogP contribution in [0.25, 0.3) is 0 Å². The molecule has 0 heterocycles. The van der Waals surface area contributed by atoms with Crippen molar-refractivity contribution < 1.29 is 14.3 Å². The van der Waals surface area contributed by atoms with E-state index in [2.05, 4.69) is 26.6 Å². The standard InChI is InChI=1S/C12H14BrClN2O3/c1-3-15-12(18)16-11(17)7(2)19-10-5-4-8(13)6-9(10)14/h4-7H,3H2,1-2H3,(H2,15,16,17,18). The van der Waals surface area contributed by atoms with Gasteiger partial charge in [0.05, 0.1) is 5.02 Å². The van der Waals surface area contributed by atoms with Gasteiger partial charge in [0.25, 0.3) is 5.91 Å². The van der Waals surface area contributed by atoms with Crippen LogP contribution in [0.5, 0.6) is 5.75 Å². The van der Waals surface area contributed by atoms with Crippen LogP contribution in [-0.4, -0.2) is 24.6 Å². The number of hydrogen-bond acceptors (Lipinski definition) is 3. The highest BCUT2D eigenvalue weighted by atomic mass is 79.9. The van der Waals surface area contributed by atoms with Crippen LogP contribution in [0.1, 0.15) is 13.8 Å². The Kier molecular flexibility index (Phi) is 6.11. The zero-order valence-corrected chi connectivity index (χ0v) is 12.8. The highest BCUT2D eigenvalue weighted by molar-refractivity contribution is 9.10. The minimum atomic E-state index is -0.832. The number of rotatable bonds is 4. The summed E-state index contributed by atoms with van der Waals surface area (Å²) in [7, 11) is 0. The molecule has 1 atom stereocenters. The zero-order chi connectivity index (χ0) is 14.4. The summed E-state index contributed by atoms with van der Waals surface area (Å²) in [5.74, 6) is -0.159. The summed E-state index contributed by atoms with van der Waals surface area (Å²) in [6.07, 6.45) is -0.832. The molecule has 0 saturated carbocycles. The predicted molar refractivity (Wildman–Crippen MR) is 76.5 cm³/mol. The van der Waals surface area contributed by atoms with Crippen LogP contribution in [-0.2, 0) is 4.79 Å². The van der Waals surface area contributed by atoms with E-state index < -0.39 is 18.0 Å². The van der Waals surface area contributed by atoms with Gasteiger partial charge in [-0.3, -0.25) is 10.1 Å². The topological polar surface area (TPSA) is 67.4 Å². The lowest BCUT2D eigenvalue weighted by Gasteiger charge is -2.15. The van der Waals surface area contributed by atoms with Gasteiger partial charge in [-0.25, -0.2) is 4.79 Å². The number of amides is 3. The minimum Gasteiger partial charge on any atom is -0.479 e. The van der Waals surface area contributed by atoms with Crippen molar-refractivity contribution in [1.29, 1.82) is 0 Å². The second kappa shape index (κ2) is 7.35. The van der Waals surface area contributed by atoms with Crippen LogP contribution < -0.4 is 15.4 Å². The Labute approximate surface area is 124 Å². The molecule has 1 rings (SSSR count). The first kappa shape index (κ1) is 15.8.